The summed E-state index contributed by atoms with van der Waals surface area (Å²) in [5.74, 6) is 0.0301. The van der Waals surface area contributed by atoms with Gasteiger partial charge in [0.1, 0.15) is 11.3 Å². The molecule has 5 heteroatoms. The summed E-state index contributed by atoms with van der Waals surface area (Å²) < 4.78 is 0. The molecule has 0 aromatic rings. The molecule has 1 heterocycles. The molecule has 0 aromatic heterocycles. The number of hydrogen-bond donors (Lipinski definition) is 1. The molecular weight excluding hydrogens is 170 g/mol. The van der Waals surface area contributed by atoms with Gasteiger partial charge in [-0.05, 0) is 0 Å². The van der Waals surface area contributed by atoms with Crippen molar-refractivity contribution in [3.63, 3.8) is 0 Å². The second-order valence-corrected chi connectivity index (χ2v) is 2.91. The van der Waals surface area contributed by atoms with E-state index in [-0.39, 0.29) is 25.2 Å². The highest BCUT2D eigenvalue weighted by molar-refractivity contribution is 6.22. The Bertz CT molecular complexity index is 194. The van der Waals surface area contributed by atoms with E-state index in [0.29, 0.717) is 0 Å². The molecule has 0 aromatic carbocycles. The van der Waals surface area contributed by atoms with Crippen molar-refractivity contribution >= 4 is 23.5 Å². The fourth-order valence-electron chi connectivity index (χ4n) is 1.00. The lowest BCUT2D eigenvalue weighted by Gasteiger charge is -2.27. The number of amides is 1. The highest BCUT2D eigenvalue weighted by Gasteiger charge is 2.28. The van der Waals surface area contributed by atoms with Crippen molar-refractivity contribution < 1.29 is 14.7 Å². The molecule has 1 fully saturated rings. The maximum atomic E-state index is 10.7. The lowest BCUT2D eigenvalue weighted by Crippen LogP contribution is -2.42. The first-order valence-electron chi connectivity index (χ1n) is 3.26. The second-order valence-electron chi connectivity index (χ2n) is 2.40. The predicted molar refractivity (Wildman–Crippen MR) is 38.6 cm³/mol. The molecule has 0 saturated carbocycles. The Kier molecular flexibility index (Phi) is 2.34. The van der Waals surface area contributed by atoms with Crippen LogP contribution < -0.4 is 0 Å². The zero-order valence-corrected chi connectivity index (χ0v) is 6.54. The van der Waals surface area contributed by atoms with Crippen molar-refractivity contribution in [2.45, 2.75) is 18.3 Å². The molecule has 1 rings (SSSR count). The fraction of sp³-hybridized carbons (Fsp3) is 0.667. The number of carbonyl (C=O) groups excluding carboxylic acids is 1. The van der Waals surface area contributed by atoms with Gasteiger partial charge in [0, 0.05) is 19.4 Å². The van der Waals surface area contributed by atoms with E-state index < -0.39 is 11.6 Å². The number of carboxylic acid groups (broad SMARTS) is 1. The summed E-state index contributed by atoms with van der Waals surface area (Å²) >= 11 is 5.60. The van der Waals surface area contributed by atoms with Crippen molar-refractivity contribution in [1.29, 1.82) is 0 Å². The summed E-state index contributed by atoms with van der Waals surface area (Å²) in [5.41, 5.74) is -0.672. The molecule has 1 N–H and O–H groups in total. The molecule has 1 saturated heterocycles. The van der Waals surface area contributed by atoms with Crippen LogP contribution in [0.3, 0.4) is 0 Å². The zero-order valence-electron chi connectivity index (χ0n) is 5.79. The molecule has 0 spiro atoms. The molecule has 0 radical (unpaired) electrons. The monoisotopic (exact) mass is 177 g/mol. The van der Waals surface area contributed by atoms with Gasteiger partial charge in [0.2, 0.25) is 0 Å². The third-order valence-corrected chi connectivity index (χ3v) is 2.00. The van der Waals surface area contributed by atoms with Crippen molar-refractivity contribution in [2.75, 3.05) is 6.54 Å². The van der Waals surface area contributed by atoms with Crippen LogP contribution in [0, 0.1) is 0 Å². The van der Waals surface area contributed by atoms with Crippen LogP contribution in [0.25, 0.3) is 0 Å². The largest absolute Gasteiger partial charge is 0.465 e. The zero-order chi connectivity index (χ0) is 8.43. The van der Waals surface area contributed by atoms with E-state index >= 15 is 0 Å². The van der Waals surface area contributed by atoms with Crippen molar-refractivity contribution in [3.05, 3.63) is 0 Å². The first-order chi connectivity index (χ1) is 5.11. The molecule has 0 bridgehead atoms. The van der Waals surface area contributed by atoms with Crippen LogP contribution in [0.1, 0.15) is 12.8 Å². The molecule has 1 aliphatic rings. The van der Waals surface area contributed by atoms with Crippen LogP contribution in [0.5, 0.6) is 0 Å². The van der Waals surface area contributed by atoms with E-state index in [1.54, 1.807) is 0 Å². The van der Waals surface area contributed by atoms with E-state index in [1.807, 2.05) is 0 Å². The third kappa shape index (κ3) is 1.83. The molecule has 1 amide bonds. The predicted octanol–water partition coefficient (Wildman–Crippen LogP) is 0.894. The molecule has 62 valence electrons. The Labute approximate surface area is 68.7 Å². The van der Waals surface area contributed by atoms with Crippen LogP contribution >= 0.6 is 11.6 Å². The summed E-state index contributed by atoms with van der Waals surface area (Å²) in [6.07, 6.45) is -0.638. The van der Waals surface area contributed by atoms with Crippen LogP contribution in [0.2, 0.25) is 0 Å². The SMILES string of the molecule is O=C1CCN(C(=O)O)C(Cl)C1. The maximum absolute atomic E-state index is 10.7. The highest BCUT2D eigenvalue weighted by Crippen LogP contribution is 2.17. The normalized spacial score (nSPS) is 25.4. The number of alkyl halides is 1. The highest BCUT2D eigenvalue weighted by atomic mass is 35.5. The number of hydrogen-bond acceptors (Lipinski definition) is 2. The average Bonchev–Trinajstić information content (AvgIpc) is 1.85. The van der Waals surface area contributed by atoms with E-state index in [2.05, 4.69) is 0 Å². The number of piperidine rings is 1. The van der Waals surface area contributed by atoms with Crippen molar-refractivity contribution in [3.8, 4) is 0 Å². The van der Waals surface area contributed by atoms with Gasteiger partial charge in [-0.2, -0.15) is 0 Å². The summed E-state index contributed by atoms with van der Waals surface area (Å²) in [5, 5.41) is 8.53. The van der Waals surface area contributed by atoms with Gasteiger partial charge in [-0.25, -0.2) is 4.79 Å². The number of Topliss-reactive ketones (excluding diaryl/α,β-unsaturated/α-hetero) is 1. The van der Waals surface area contributed by atoms with Gasteiger partial charge in [0.15, 0.2) is 0 Å². The Balaban J connectivity index is 2.57. The number of halogens is 1. The van der Waals surface area contributed by atoms with E-state index in [1.165, 1.54) is 0 Å². The molecule has 11 heavy (non-hydrogen) atoms. The number of nitrogens with zero attached hydrogens (tertiary/aromatic N) is 1. The van der Waals surface area contributed by atoms with Gasteiger partial charge >= 0.3 is 6.09 Å². The Hall–Kier alpha value is -0.770. The lowest BCUT2D eigenvalue weighted by molar-refractivity contribution is -0.121. The molecule has 0 aliphatic carbocycles. The van der Waals surface area contributed by atoms with Crippen LogP contribution in [0.4, 0.5) is 4.79 Å². The molecule has 1 aliphatic heterocycles. The van der Waals surface area contributed by atoms with Gasteiger partial charge in [-0.3, -0.25) is 9.69 Å². The molecule has 4 nitrogen and oxygen atoms in total. The van der Waals surface area contributed by atoms with E-state index in [4.69, 9.17) is 16.7 Å². The van der Waals surface area contributed by atoms with E-state index in [0.717, 1.165) is 4.90 Å². The summed E-state index contributed by atoms with van der Waals surface area (Å²) in [4.78, 5) is 22.2. The smallest absolute Gasteiger partial charge is 0.408 e. The number of ketones is 1. The Morgan fingerprint density at radius 3 is 2.82 bits per heavy atom. The Morgan fingerprint density at radius 2 is 2.36 bits per heavy atom. The standard InChI is InChI=1S/C6H8ClNO3/c7-5-3-4(9)1-2-8(5)6(10)11/h5H,1-3H2,(H,10,11). The molecule has 1 unspecified atom stereocenters. The van der Waals surface area contributed by atoms with Gasteiger partial charge in [-0.15, -0.1) is 0 Å². The topological polar surface area (TPSA) is 57.6 Å². The minimum Gasteiger partial charge on any atom is -0.465 e. The van der Waals surface area contributed by atoms with Gasteiger partial charge < -0.3 is 5.11 Å². The van der Waals surface area contributed by atoms with Gasteiger partial charge in [0.25, 0.3) is 0 Å². The van der Waals surface area contributed by atoms with Crippen LogP contribution in [-0.2, 0) is 4.79 Å². The fourth-order valence-corrected chi connectivity index (χ4v) is 1.35. The van der Waals surface area contributed by atoms with Gasteiger partial charge in [0.05, 0.1) is 0 Å². The molecular formula is C6H8ClNO3. The lowest BCUT2D eigenvalue weighted by atomic mass is 10.1. The third-order valence-electron chi connectivity index (χ3n) is 1.61. The average molecular weight is 178 g/mol. The summed E-state index contributed by atoms with van der Waals surface area (Å²) in [7, 11) is 0. The second kappa shape index (κ2) is 3.09. The number of carbonyl (C=O) groups is 2. The van der Waals surface area contributed by atoms with Crippen molar-refractivity contribution in [1.82, 2.24) is 4.90 Å². The Morgan fingerprint density at radius 1 is 1.73 bits per heavy atom. The number of likely N-dealkylation sites (tertiary alicyclic amines) is 1. The minimum absolute atomic E-state index is 0.0301. The van der Waals surface area contributed by atoms with Crippen LogP contribution in [-0.4, -0.2) is 33.9 Å². The van der Waals surface area contributed by atoms with E-state index in [9.17, 15) is 9.59 Å². The minimum atomic E-state index is -1.06. The van der Waals surface area contributed by atoms with Crippen molar-refractivity contribution in [2.24, 2.45) is 0 Å². The first kappa shape index (κ1) is 8.33. The quantitative estimate of drug-likeness (QED) is 0.442. The maximum Gasteiger partial charge on any atom is 0.408 e. The molecule has 1 atom stereocenters. The van der Waals surface area contributed by atoms with Crippen LogP contribution in [0.15, 0.2) is 0 Å². The van der Waals surface area contributed by atoms with Gasteiger partial charge in [-0.1, -0.05) is 11.6 Å². The first-order valence-corrected chi connectivity index (χ1v) is 3.70. The summed E-state index contributed by atoms with van der Waals surface area (Å²) in [6, 6.07) is 0. The summed E-state index contributed by atoms with van der Waals surface area (Å²) in [6.45, 7) is 0.225. The number of rotatable bonds is 0.